The highest BCUT2D eigenvalue weighted by molar-refractivity contribution is 8.01. The van der Waals surface area contributed by atoms with Gasteiger partial charge >= 0.3 is 5.97 Å². The van der Waals surface area contributed by atoms with Gasteiger partial charge in [0.1, 0.15) is 28.9 Å². The van der Waals surface area contributed by atoms with Crippen molar-refractivity contribution in [3.63, 3.8) is 0 Å². The van der Waals surface area contributed by atoms with Crippen molar-refractivity contribution in [1.82, 2.24) is 35.4 Å². The van der Waals surface area contributed by atoms with E-state index in [-0.39, 0.29) is 28.0 Å². The molecule has 0 saturated carbocycles. The van der Waals surface area contributed by atoms with E-state index in [4.69, 9.17) is 10.1 Å². The first-order valence-electron chi connectivity index (χ1n) is 10.1. The monoisotopic (exact) mass is 564 g/mol. The zero-order chi connectivity index (χ0) is 26.5. The van der Waals surface area contributed by atoms with Crippen LogP contribution < -0.4 is 10.6 Å². The minimum absolute atomic E-state index is 0.0495. The fraction of sp³-hybridized carbons (Fsp3) is 0.333. The molecule has 1 unspecified atom stereocenters. The molecule has 2 aliphatic rings. The minimum Gasteiger partial charge on any atom is -0.477 e. The molecule has 4 rings (SSSR count). The van der Waals surface area contributed by atoms with Gasteiger partial charge in [-0.3, -0.25) is 19.3 Å². The fourth-order valence-corrected chi connectivity index (χ4v) is 6.32. The summed E-state index contributed by atoms with van der Waals surface area (Å²) in [7, 11) is 1.65. The molecule has 0 aromatic carbocycles. The Morgan fingerprint density at radius 2 is 2.30 bits per heavy atom. The van der Waals surface area contributed by atoms with E-state index >= 15 is 0 Å². The molecule has 1 saturated heterocycles. The molecular formula is C18H16N10O6S3. The van der Waals surface area contributed by atoms with Crippen LogP contribution in [0.25, 0.3) is 0 Å². The van der Waals surface area contributed by atoms with Crippen LogP contribution in [0.2, 0.25) is 0 Å². The van der Waals surface area contributed by atoms with Gasteiger partial charge in [-0.25, -0.2) is 14.5 Å². The molecule has 0 bridgehead atoms. The van der Waals surface area contributed by atoms with E-state index in [1.54, 1.807) is 13.1 Å². The van der Waals surface area contributed by atoms with E-state index in [2.05, 4.69) is 36.3 Å². The summed E-state index contributed by atoms with van der Waals surface area (Å²) in [5.41, 5.74) is 0.108. The number of β-lactam (4-membered cyclic amide) rings is 1. The van der Waals surface area contributed by atoms with Gasteiger partial charge in [-0.2, -0.15) is 5.26 Å². The first-order valence-corrected chi connectivity index (χ1v) is 13.1. The number of aromatic nitrogens is 5. The maximum absolute atomic E-state index is 13.0. The molecule has 3 amide bonds. The molecule has 0 radical (unpaired) electrons. The number of thioether (sulfide) groups is 2. The predicted molar refractivity (Wildman–Crippen MR) is 129 cm³/mol. The van der Waals surface area contributed by atoms with Crippen LogP contribution in [0.15, 0.2) is 27.0 Å². The van der Waals surface area contributed by atoms with Gasteiger partial charge in [0.05, 0.1) is 0 Å². The number of carboxylic acids is 1. The summed E-state index contributed by atoms with van der Waals surface area (Å²) >= 11 is 3.56. The van der Waals surface area contributed by atoms with Crippen molar-refractivity contribution in [3.05, 3.63) is 22.3 Å². The normalized spacial score (nSPS) is 19.0. The Morgan fingerprint density at radius 3 is 2.97 bits per heavy atom. The summed E-state index contributed by atoms with van der Waals surface area (Å²) in [6.07, 6.45) is 0.415. The van der Waals surface area contributed by atoms with Crippen LogP contribution >= 0.6 is 34.9 Å². The molecule has 2 aliphatic heterocycles. The van der Waals surface area contributed by atoms with E-state index < -0.39 is 35.8 Å². The van der Waals surface area contributed by atoms with Crippen molar-refractivity contribution in [1.29, 1.82) is 5.26 Å². The second-order valence-electron chi connectivity index (χ2n) is 7.16. The number of oxime groups is 1. The Balaban J connectivity index is 1.50. The highest BCUT2D eigenvalue weighted by Crippen LogP contribution is 2.41. The van der Waals surface area contributed by atoms with Gasteiger partial charge in [0.25, 0.3) is 11.8 Å². The highest BCUT2D eigenvalue weighted by atomic mass is 32.2. The molecule has 1 fully saturated rings. The van der Waals surface area contributed by atoms with Crippen LogP contribution in [-0.4, -0.2) is 94.6 Å². The minimum atomic E-state index is -1.26. The predicted octanol–water partition coefficient (Wildman–Crippen LogP) is -0.990. The van der Waals surface area contributed by atoms with Crippen molar-refractivity contribution in [3.8, 4) is 6.07 Å². The summed E-state index contributed by atoms with van der Waals surface area (Å²) in [6, 6.07) is 0.681. The van der Waals surface area contributed by atoms with Crippen molar-refractivity contribution in [2.24, 2.45) is 12.2 Å². The maximum Gasteiger partial charge on any atom is 0.352 e. The molecule has 19 heteroatoms. The lowest BCUT2D eigenvalue weighted by Gasteiger charge is -2.49. The van der Waals surface area contributed by atoms with Gasteiger partial charge in [-0.05, 0) is 16.0 Å². The standard InChI is InChI=1S/C18H16N10O6S3/c1-27-18(23-25-26-27)37-5-8-4-35-15-11(14(31)28(15)12(8)16(32)33)22-13(30)10(24-34-3-2-19)9-6-36-17(21-9)20-7-29/h6-7,11,15H,3-5H2,1H3,(H,22,30)(H,32,33)(H,20,21,29)/t11?,15-/m1/s1. The number of aliphatic carboxylic acids is 1. The average molecular weight is 565 g/mol. The molecule has 2 atom stereocenters. The first-order chi connectivity index (χ1) is 17.8. The van der Waals surface area contributed by atoms with Crippen LogP contribution in [0.4, 0.5) is 5.13 Å². The molecule has 0 spiro atoms. The van der Waals surface area contributed by atoms with Gasteiger partial charge in [-0.1, -0.05) is 16.9 Å². The quantitative estimate of drug-likeness (QED) is 0.0746. The van der Waals surface area contributed by atoms with Crippen molar-refractivity contribution < 1.29 is 29.1 Å². The highest BCUT2D eigenvalue weighted by Gasteiger charge is 2.54. The zero-order valence-electron chi connectivity index (χ0n) is 18.7. The van der Waals surface area contributed by atoms with E-state index in [0.29, 0.717) is 22.9 Å². The largest absolute Gasteiger partial charge is 0.477 e. The topological polar surface area (TPSA) is 218 Å². The number of fused-ring (bicyclic) bond motifs is 1. The number of tetrazole rings is 1. The number of carboxylic acid groups (broad SMARTS) is 1. The zero-order valence-corrected chi connectivity index (χ0v) is 21.2. The lowest BCUT2D eigenvalue weighted by atomic mass is 10.0. The Morgan fingerprint density at radius 1 is 1.49 bits per heavy atom. The maximum atomic E-state index is 13.0. The summed E-state index contributed by atoms with van der Waals surface area (Å²) in [5, 5.41) is 39.7. The SMILES string of the molecule is Cn1nnnc1SCC1=C(C(=O)O)N2C(=O)C(NC(=O)C(=NOCC#N)c3csc(NC=O)n3)[C@H]2SC1. The number of carbonyl (C=O) groups excluding carboxylic acids is 3. The number of rotatable bonds is 11. The molecule has 4 heterocycles. The van der Waals surface area contributed by atoms with Crippen LogP contribution in [0.5, 0.6) is 0 Å². The first kappa shape index (κ1) is 26.1. The van der Waals surface area contributed by atoms with Crippen LogP contribution in [0.3, 0.4) is 0 Å². The molecule has 192 valence electrons. The number of carbonyl (C=O) groups is 4. The number of amides is 3. The summed E-state index contributed by atoms with van der Waals surface area (Å²) in [5.74, 6) is -2.13. The van der Waals surface area contributed by atoms with Crippen molar-refractivity contribution in [2.45, 2.75) is 16.6 Å². The second-order valence-corrected chi connectivity index (χ2v) is 10.1. The van der Waals surface area contributed by atoms with Crippen LogP contribution in [0.1, 0.15) is 5.69 Å². The average Bonchev–Trinajstić information content (AvgIpc) is 3.51. The van der Waals surface area contributed by atoms with Gasteiger partial charge in [0.15, 0.2) is 10.8 Å². The number of hydrogen-bond acceptors (Lipinski definition) is 14. The third kappa shape index (κ3) is 5.40. The summed E-state index contributed by atoms with van der Waals surface area (Å²) < 4.78 is 1.45. The number of aryl methyl sites for hydroxylation is 1. The smallest absolute Gasteiger partial charge is 0.352 e. The number of thiazole rings is 1. The fourth-order valence-electron chi connectivity index (χ4n) is 3.33. The Labute approximate surface area is 220 Å². The number of hydrogen-bond donors (Lipinski definition) is 3. The van der Waals surface area contributed by atoms with Gasteiger partial charge in [0.2, 0.25) is 18.2 Å². The molecule has 37 heavy (non-hydrogen) atoms. The molecule has 3 N–H and O–H groups in total. The summed E-state index contributed by atoms with van der Waals surface area (Å²) in [4.78, 5) is 58.7. The molecule has 2 aromatic rings. The molecule has 2 aromatic heterocycles. The third-order valence-corrected chi connectivity index (χ3v) is 8.13. The van der Waals surface area contributed by atoms with E-state index in [1.165, 1.54) is 33.6 Å². The lowest BCUT2D eigenvalue weighted by Crippen LogP contribution is -2.71. The van der Waals surface area contributed by atoms with Crippen molar-refractivity contribution >= 4 is 69.9 Å². The number of nitrogens with one attached hydrogen (secondary N) is 2. The molecule has 0 aliphatic carbocycles. The van der Waals surface area contributed by atoms with E-state index in [1.807, 2.05) is 0 Å². The van der Waals surface area contributed by atoms with Crippen molar-refractivity contribution in [2.75, 3.05) is 23.4 Å². The van der Waals surface area contributed by atoms with E-state index in [0.717, 1.165) is 16.2 Å². The Kier molecular flexibility index (Phi) is 8.00. The van der Waals surface area contributed by atoms with Gasteiger partial charge in [0, 0.05) is 23.9 Å². The van der Waals surface area contributed by atoms with Gasteiger partial charge < -0.3 is 20.6 Å². The van der Waals surface area contributed by atoms with Gasteiger partial charge in [-0.15, -0.1) is 28.2 Å². The number of nitrogens with zero attached hydrogens (tertiary/aromatic N) is 8. The molecular weight excluding hydrogens is 548 g/mol. The molecule has 16 nitrogen and oxygen atoms in total. The van der Waals surface area contributed by atoms with Crippen LogP contribution in [0, 0.1) is 11.3 Å². The second kappa shape index (κ2) is 11.4. The Hall–Kier alpha value is -4.02. The third-order valence-electron chi connectivity index (χ3n) is 4.92. The number of nitriles is 1. The summed E-state index contributed by atoms with van der Waals surface area (Å²) in [6.45, 7) is -0.438. The van der Waals surface area contributed by atoms with E-state index in [9.17, 15) is 24.3 Å². The van der Waals surface area contributed by atoms with Crippen LogP contribution in [-0.2, 0) is 31.1 Å². The Bertz CT molecular complexity index is 1350. The number of anilines is 1. The lowest BCUT2D eigenvalue weighted by molar-refractivity contribution is -0.150.